The van der Waals surface area contributed by atoms with E-state index in [0.29, 0.717) is 16.1 Å². The number of rotatable bonds is 8. The molecule has 140 valence electrons. The van der Waals surface area contributed by atoms with Crippen LogP contribution in [0.5, 0.6) is 0 Å². The molecule has 2 heterocycles. The molecular weight excluding hydrogens is 356 g/mol. The average Bonchev–Trinajstić information content (AvgIpc) is 2.59. The van der Waals surface area contributed by atoms with Crippen LogP contribution < -0.4 is 4.90 Å². The van der Waals surface area contributed by atoms with Crippen molar-refractivity contribution in [3.05, 3.63) is 11.2 Å². The van der Waals surface area contributed by atoms with Crippen molar-refractivity contribution >= 4 is 35.1 Å². The number of amides is 1. The molecule has 0 radical (unpaired) electrons. The summed E-state index contributed by atoms with van der Waals surface area (Å²) >= 11 is 7.57. The van der Waals surface area contributed by atoms with Crippen LogP contribution in [-0.2, 0) is 4.79 Å². The van der Waals surface area contributed by atoms with E-state index in [1.807, 2.05) is 11.0 Å². The van der Waals surface area contributed by atoms with Crippen molar-refractivity contribution in [1.82, 2.24) is 14.9 Å². The van der Waals surface area contributed by atoms with E-state index in [2.05, 4.69) is 35.6 Å². The topological polar surface area (TPSA) is 49.3 Å². The molecule has 0 bridgehead atoms. The second-order valence-electron chi connectivity index (χ2n) is 6.67. The molecule has 1 aliphatic rings. The van der Waals surface area contributed by atoms with Crippen LogP contribution in [0, 0.1) is 5.92 Å². The first-order valence-corrected chi connectivity index (χ1v) is 10.6. The predicted molar refractivity (Wildman–Crippen MR) is 106 cm³/mol. The molecule has 0 aliphatic carbocycles. The molecule has 0 unspecified atom stereocenters. The van der Waals surface area contributed by atoms with E-state index in [-0.39, 0.29) is 5.91 Å². The minimum Gasteiger partial charge on any atom is -0.356 e. The quantitative estimate of drug-likeness (QED) is 0.383. The van der Waals surface area contributed by atoms with E-state index < -0.39 is 0 Å². The van der Waals surface area contributed by atoms with Gasteiger partial charge in [-0.25, -0.2) is 9.97 Å². The van der Waals surface area contributed by atoms with Gasteiger partial charge in [0.2, 0.25) is 5.91 Å². The largest absolute Gasteiger partial charge is 0.356 e. The maximum atomic E-state index is 12.4. The molecule has 0 atom stereocenters. The molecule has 25 heavy (non-hydrogen) atoms. The van der Waals surface area contributed by atoms with Crippen LogP contribution in [0.4, 0.5) is 5.82 Å². The van der Waals surface area contributed by atoms with Crippen LogP contribution in [0.3, 0.4) is 0 Å². The van der Waals surface area contributed by atoms with E-state index in [1.54, 1.807) is 0 Å². The summed E-state index contributed by atoms with van der Waals surface area (Å²) in [5, 5.41) is 1.03. The van der Waals surface area contributed by atoms with Gasteiger partial charge in [-0.05, 0) is 31.6 Å². The Hall–Kier alpha value is -1.01. The van der Waals surface area contributed by atoms with Gasteiger partial charge >= 0.3 is 0 Å². The fourth-order valence-corrected chi connectivity index (χ4v) is 3.95. The summed E-state index contributed by atoms with van der Waals surface area (Å²) in [6, 6.07) is 1.82. The lowest BCUT2D eigenvalue weighted by atomic mass is 9.99. The van der Waals surface area contributed by atoms with Crippen LogP contribution in [0.25, 0.3) is 0 Å². The Kier molecular flexibility index (Phi) is 8.30. The maximum Gasteiger partial charge on any atom is 0.233 e. The maximum absolute atomic E-state index is 12.4. The van der Waals surface area contributed by atoms with Crippen LogP contribution in [-0.4, -0.2) is 52.7 Å². The zero-order valence-electron chi connectivity index (χ0n) is 15.5. The first-order valence-electron chi connectivity index (χ1n) is 9.23. The molecule has 1 aromatic rings. The number of carbonyl (C=O) groups is 1. The highest BCUT2D eigenvalue weighted by atomic mass is 35.5. The lowest BCUT2D eigenvalue weighted by molar-refractivity contribution is -0.128. The Morgan fingerprint density at radius 2 is 1.92 bits per heavy atom. The fraction of sp³-hybridized carbons (Fsp3) is 0.722. The zero-order valence-corrected chi connectivity index (χ0v) is 17.1. The number of hydrogen-bond acceptors (Lipinski definition) is 5. The second kappa shape index (κ2) is 10.2. The van der Waals surface area contributed by atoms with Crippen LogP contribution in [0.2, 0.25) is 5.15 Å². The summed E-state index contributed by atoms with van der Waals surface area (Å²) in [7, 11) is 0. The summed E-state index contributed by atoms with van der Waals surface area (Å²) in [5.41, 5.74) is 0. The second-order valence-corrected chi connectivity index (χ2v) is 8.00. The normalized spacial score (nSPS) is 15.4. The third kappa shape index (κ3) is 6.33. The van der Waals surface area contributed by atoms with Gasteiger partial charge < -0.3 is 9.80 Å². The zero-order chi connectivity index (χ0) is 18.2. The highest BCUT2D eigenvalue weighted by molar-refractivity contribution is 7.99. The summed E-state index contributed by atoms with van der Waals surface area (Å²) in [5.74, 6) is 2.14. The van der Waals surface area contributed by atoms with Gasteiger partial charge in [-0.1, -0.05) is 44.1 Å². The number of hydrogen-bond donors (Lipinski definition) is 0. The molecular formula is C18H29ClN4OS. The molecule has 0 aromatic carbocycles. The molecule has 2 rings (SSSR count). The molecule has 1 aromatic heterocycles. The van der Waals surface area contributed by atoms with Gasteiger partial charge in [0, 0.05) is 32.2 Å². The van der Waals surface area contributed by atoms with Gasteiger partial charge in [0.1, 0.15) is 11.0 Å². The van der Waals surface area contributed by atoms with Crippen molar-refractivity contribution in [2.75, 3.05) is 36.8 Å². The van der Waals surface area contributed by atoms with E-state index in [4.69, 9.17) is 11.6 Å². The third-order valence-electron chi connectivity index (χ3n) is 4.43. The Bertz CT molecular complexity index is 558. The molecule has 1 aliphatic heterocycles. The number of aromatic nitrogens is 2. The summed E-state index contributed by atoms with van der Waals surface area (Å²) in [6.07, 6.45) is 4.29. The van der Waals surface area contributed by atoms with Gasteiger partial charge in [-0.15, -0.1) is 0 Å². The van der Waals surface area contributed by atoms with Crippen molar-refractivity contribution in [1.29, 1.82) is 0 Å². The molecule has 1 fully saturated rings. The summed E-state index contributed by atoms with van der Waals surface area (Å²) in [4.78, 5) is 25.5. The summed E-state index contributed by atoms with van der Waals surface area (Å²) in [6.45, 7) is 10.1. The third-order valence-corrected chi connectivity index (χ3v) is 5.46. The first-order chi connectivity index (χ1) is 12.0. The van der Waals surface area contributed by atoms with E-state index in [1.165, 1.54) is 24.6 Å². The lowest BCUT2D eigenvalue weighted by Crippen LogP contribution is -2.34. The van der Waals surface area contributed by atoms with Crippen molar-refractivity contribution in [3.63, 3.8) is 0 Å². The molecule has 5 nitrogen and oxygen atoms in total. The smallest absolute Gasteiger partial charge is 0.233 e. The minimum atomic E-state index is 0.144. The number of halogens is 1. The van der Waals surface area contributed by atoms with E-state index >= 15 is 0 Å². The molecule has 0 saturated carbocycles. The molecule has 0 spiro atoms. The molecule has 1 saturated heterocycles. The Balaban J connectivity index is 1.98. The molecule has 0 N–H and O–H groups in total. The van der Waals surface area contributed by atoms with E-state index in [0.717, 1.165) is 50.8 Å². The van der Waals surface area contributed by atoms with E-state index in [9.17, 15) is 4.79 Å². The van der Waals surface area contributed by atoms with Crippen LogP contribution in [0.15, 0.2) is 11.2 Å². The van der Waals surface area contributed by atoms with Gasteiger partial charge in [0.15, 0.2) is 5.16 Å². The van der Waals surface area contributed by atoms with Gasteiger partial charge in [-0.3, -0.25) is 4.79 Å². The van der Waals surface area contributed by atoms with Gasteiger partial charge in [0.25, 0.3) is 0 Å². The number of carbonyl (C=O) groups excluding carboxylic acids is 1. The Morgan fingerprint density at radius 1 is 1.28 bits per heavy atom. The Morgan fingerprint density at radius 3 is 2.52 bits per heavy atom. The average molecular weight is 385 g/mol. The number of nitrogens with zero attached hydrogens (tertiary/aromatic N) is 4. The van der Waals surface area contributed by atoms with Crippen molar-refractivity contribution < 1.29 is 4.79 Å². The van der Waals surface area contributed by atoms with Crippen molar-refractivity contribution in [2.24, 2.45) is 5.92 Å². The van der Waals surface area contributed by atoms with Gasteiger partial charge in [0.05, 0.1) is 5.75 Å². The lowest BCUT2D eigenvalue weighted by Gasteiger charge is -2.31. The standard InChI is InChI=1S/C18H29ClN4OS/c1-4-8-23(9-5-2)17(24)13-25-18-20-15(19)12-16(21-18)22-10-6-14(3)7-11-22/h12,14H,4-11,13H2,1-3H3. The summed E-state index contributed by atoms with van der Waals surface area (Å²) < 4.78 is 0. The van der Waals surface area contributed by atoms with Crippen LogP contribution >= 0.6 is 23.4 Å². The van der Waals surface area contributed by atoms with Gasteiger partial charge in [-0.2, -0.15) is 0 Å². The van der Waals surface area contributed by atoms with Crippen molar-refractivity contribution in [2.45, 2.75) is 51.6 Å². The van der Waals surface area contributed by atoms with Crippen molar-refractivity contribution in [3.8, 4) is 0 Å². The SMILES string of the molecule is CCCN(CCC)C(=O)CSc1nc(Cl)cc(N2CCC(C)CC2)n1. The highest BCUT2D eigenvalue weighted by Gasteiger charge is 2.19. The first kappa shape index (κ1) is 20.3. The highest BCUT2D eigenvalue weighted by Crippen LogP contribution is 2.26. The number of thioether (sulfide) groups is 1. The number of piperidine rings is 1. The van der Waals surface area contributed by atoms with Crippen LogP contribution in [0.1, 0.15) is 46.5 Å². The number of anilines is 1. The monoisotopic (exact) mass is 384 g/mol. The predicted octanol–water partition coefficient (Wildman–Crippen LogP) is 4.11. The molecule has 7 heteroatoms. The Labute approximate surface area is 160 Å². The fourth-order valence-electron chi connectivity index (χ4n) is 2.97. The molecule has 1 amide bonds. The minimum absolute atomic E-state index is 0.144.